The molecular weight excluding hydrogens is 1190 g/mol. The number of amides is 1. The molecule has 0 aromatic heterocycles. The smallest absolute Gasteiger partial charge is 0.471 e. The van der Waals surface area contributed by atoms with E-state index in [1.807, 2.05) is 13.8 Å². The number of methoxy groups -OCH3 is 2. The van der Waals surface area contributed by atoms with Crippen molar-refractivity contribution >= 4 is 46.6 Å². The topological polar surface area (TPSA) is 401 Å². The highest BCUT2D eigenvalue weighted by atomic mass is 19.4. The Morgan fingerprint density at radius 3 is 1.61 bits per heavy atom. The number of ketones is 6. The molecule has 478 valence electrons. The van der Waals surface area contributed by atoms with E-state index >= 15 is 0 Å². The van der Waals surface area contributed by atoms with Gasteiger partial charge in [0.05, 0.1) is 78.1 Å². The second kappa shape index (κ2) is 25.2. The Balaban J connectivity index is 0.000000220. The van der Waals surface area contributed by atoms with Crippen molar-refractivity contribution in [2.45, 2.75) is 158 Å². The van der Waals surface area contributed by atoms with Crippen LogP contribution in [0.2, 0.25) is 0 Å². The van der Waals surface area contributed by atoms with Crippen LogP contribution in [0.4, 0.5) is 13.2 Å². The Morgan fingerprint density at radius 1 is 0.685 bits per heavy atom. The summed E-state index contributed by atoms with van der Waals surface area (Å²) in [6.45, 7) is 3.04. The number of halogens is 3. The van der Waals surface area contributed by atoms with E-state index < -0.39 is 198 Å². The van der Waals surface area contributed by atoms with Gasteiger partial charge in [0.15, 0.2) is 36.5 Å². The third-order valence-corrected chi connectivity index (χ3v) is 16.9. The van der Waals surface area contributed by atoms with E-state index in [-0.39, 0.29) is 81.0 Å². The fourth-order valence-corrected chi connectivity index (χ4v) is 12.4. The lowest BCUT2D eigenvalue weighted by Gasteiger charge is -2.43. The third-order valence-electron chi connectivity index (χ3n) is 16.9. The maximum Gasteiger partial charge on any atom is 0.471 e. The maximum absolute atomic E-state index is 13.9. The molecule has 0 bridgehead atoms. The highest BCUT2D eigenvalue weighted by Crippen LogP contribution is 2.55. The molecule has 0 spiro atoms. The van der Waals surface area contributed by atoms with Gasteiger partial charge in [0, 0.05) is 84.4 Å². The molecule has 0 saturated carbocycles. The number of esters is 1. The number of hydrogen-bond acceptors (Lipinski definition) is 24. The number of phenols is 4. The largest absolute Gasteiger partial charge is 0.507 e. The van der Waals surface area contributed by atoms with Crippen molar-refractivity contribution in [3.63, 3.8) is 0 Å². The molecule has 25 nitrogen and oxygen atoms in total. The number of benzene rings is 4. The van der Waals surface area contributed by atoms with Crippen molar-refractivity contribution in [1.82, 2.24) is 5.32 Å². The van der Waals surface area contributed by atoms with Crippen molar-refractivity contribution in [2.75, 3.05) is 27.4 Å². The lowest BCUT2D eigenvalue weighted by Crippen LogP contribution is -2.57. The molecule has 0 radical (unpaired) electrons. The van der Waals surface area contributed by atoms with Gasteiger partial charge in [-0.2, -0.15) is 13.2 Å². The Morgan fingerprint density at radius 2 is 1.16 bits per heavy atom. The second-order valence-corrected chi connectivity index (χ2v) is 22.8. The predicted molar refractivity (Wildman–Crippen MR) is 296 cm³/mol. The van der Waals surface area contributed by atoms with E-state index in [9.17, 15) is 92.4 Å². The molecule has 2 heterocycles. The van der Waals surface area contributed by atoms with Gasteiger partial charge in [0.2, 0.25) is 17.3 Å². The fourth-order valence-electron chi connectivity index (χ4n) is 12.4. The summed E-state index contributed by atoms with van der Waals surface area (Å²) in [5.74, 6) is -11.2. The van der Waals surface area contributed by atoms with Gasteiger partial charge in [0.25, 0.3) is 0 Å². The van der Waals surface area contributed by atoms with Gasteiger partial charge in [0.1, 0.15) is 58.4 Å². The zero-order valence-electron chi connectivity index (χ0n) is 48.6. The molecule has 2 saturated heterocycles. The normalized spacial score (nSPS) is 26.8. The minimum absolute atomic E-state index is 0.00489. The predicted octanol–water partition coefficient (Wildman–Crippen LogP) is 3.49. The minimum Gasteiger partial charge on any atom is -0.507 e. The second-order valence-electron chi connectivity index (χ2n) is 22.8. The average Bonchev–Trinajstić information content (AvgIpc) is 0.797. The maximum atomic E-state index is 13.9. The van der Waals surface area contributed by atoms with E-state index in [1.54, 1.807) is 5.32 Å². The first-order valence-corrected chi connectivity index (χ1v) is 28.4. The first-order chi connectivity index (χ1) is 41.9. The zero-order chi connectivity index (χ0) is 65.1. The van der Waals surface area contributed by atoms with Crippen LogP contribution in [0.5, 0.6) is 34.5 Å². The van der Waals surface area contributed by atoms with Gasteiger partial charge in [-0.25, -0.2) is 0 Å². The Bertz CT molecular complexity index is 3580. The SMILES string of the molecule is CCCCC(=O)OCC(=O)[C@]1(O)Cc2c(O)c3c(c(O)c2[C@@H](O[C@H]2C[C@H](NC(=O)C(F)(F)F)[C@H](O)[C@H](C)O2)C1)C(=O)c1c(OC)cccc1C3=O.COc1cccc2c1C(=O)c1c(O)c3c(c(O)c1C2=O)C[C@@](O)(C(=O)CO)C[C@@H]3O[C@H]1C[C@H](N)C[C@H](C)O1. The van der Waals surface area contributed by atoms with Crippen LogP contribution >= 0.6 is 0 Å². The number of alkyl halides is 3. The van der Waals surface area contributed by atoms with E-state index in [4.69, 9.17) is 38.9 Å². The van der Waals surface area contributed by atoms with Crippen molar-refractivity contribution < 1.29 is 126 Å². The monoisotopic (exact) mass is 1250 g/mol. The molecule has 1 amide bonds. The fraction of sp³-hybridized carbons (Fsp3) is 0.475. The van der Waals surface area contributed by atoms with Gasteiger partial charge in [-0.05, 0) is 38.8 Å². The summed E-state index contributed by atoms with van der Waals surface area (Å²) in [5.41, 5.74) is -2.07. The number of nitrogens with two attached hydrogens (primary N) is 1. The molecule has 2 fully saturated rings. The molecule has 0 unspecified atom stereocenters. The van der Waals surface area contributed by atoms with Gasteiger partial charge >= 0.3 is 18.1 Å². The molecule has 2 aliphatic heterocycles. The molecule has 10 rings (SSSR count). The zero-order valence-corrected chi connectivity index (χ0v) is 48.6. The van der Waals surface area contributed by atoms with Gasteiger partial charge < -0.3 is 85.1 Å². The lowest BCUT2D eigenvalue weighted by atomic mass is 9.72. The van der Waals surface area contributed by atoms with Crippen molar-refractivity contribution in [2.24, 2.45) is 5.73 Å². The van der Waals surface area contributed by atoms with Crippen LogP contribution in [0.1, 0.15) is 170 Å². The van der Waals surface area contributed by atoms with Gasteiger partial charge in [-0.3, -0.25) is 38.4 Å². The number of rotatable bonds is 15. The summed E-state index contributed by atoms with van der Waals surface area (Å²) >= 11 is 0. The summed E-state index contributed by atoms with van der Waals surface area (Å²) in [5, 5.41) is 90.8. The van der Waals surface area contributed by atoms with E-state index in [2.05, 4.69) is 0 Å². The van der Waals surface area contributed by atoms with Crippen LogP contribution in [0.3, 0.4) is 0 Å². The number of fused-ring (bicyclic) bond motifs is 6. The molecular formula is C61H65F3N2O23. The number of Topliss-reactive ketones (excluding diaryl/α,β-unsaturated/α-hetero) is 2. The summed E-state index contributed by atoms with van der Waals surface area (Å²) in [6, 6.07) is 6.74. The minimum atomic E-state index is -5.29. The quantitative estimate of drug-likeness (QED) is 0.0519. The molecule has 4 aromatic rings. The third kappa shape index (κ3) is 12.1. The van der Waals surface area contributed by atoms with Gasteiger partial charge in [-0.15, -0.1) is 0 Å². The Labute approximate surface area is 504 Å². The lowest BCUT2D eigenvalue weighted by molar-refractivity contribution is -0.250. The summed E-state index contributed by atoms with van der Waals surface area (Å²) < 4.78 is 78.3. The van der Waals surface area contributed by atoms with E-state index in [0.717, 1.165) is 0 Å². The summed E-state index contributed by atoms with van der Waals surface area (Å²) in [6.07, 6.45) is -14.8. The Kier molecular flexibility index (Phi) is 18.5. The Hall–Kier alpha value is -7.93. The number of aliphatic hydroxyl groups excluding tert-OH is 2. The van der Waals surface area contributed by atoms with Crippen molar-refractivity contribution in [1.29, 1.82) is 0 Å². The van der Waals surface area contributed by atoms with E-state index in [0.29, 0.717) is 19.3 Å². The molecule has 89 heavy (non-hydrogen) atoms. The standard InChI is InChI=1S/C34H36F3NO13.C27H29NO10/c1-4-5-9-21(40)49-13-20(39)33(47)11-16-24(19(12-33)51-22-10-17(27(41)14(2)50-22)38-32(46)34(35,36)37)31(45)26-25(29(16)43)28(42)15-7-6-8-18(48-3)23(15)30(26)44;1-11-6-12(28)7-18(37-11)38-16-9-27(35,17(30)10-29)8-14-20(16)26(34)22-21(24(14)32)23(31)13-4-3-5-15(36-2)19(13)25(22)33/h6-8,14,17,19,22,27,41,43,45,47H,4-5,9-13H2,1-3H3,(H,38,46);3-5,11-12,16,18,29,32,34-35H,6-10,28H2,1-2H3/t14-,17-,19-,22-,27+,33-;11-,12+,16-,18-,27-/m00/s1. The van der Waals surface area contributed by atoms with Crippen LogP contribution in [0, 0.1) is 0 Å². The highest BCUT2D eigenvalue weighted by Gasteiger charge is 2.53. The van der Waals surface area contributed by atoms with E-state index in [1.165, 1.54) is 57.5 Å². The molecule has 11 atom stereocenters. The number of aliphatic hydroxyl groups is 4. The summed E-state index contributed by atoms with van der Waals surface area (Å²) in [7, 11) is 2.59. The van der Waals surface area contributed by atoms with Crippen LogP contribution in [0.25, 0.3) is 0 Å². The van der Waals surface area contributed by atoms with Crippen molar-refractivity contribution in [3.05, 3.63) is 103 Å². The highest BCUT2D eigenvalue weighted by molar-refractivity contribution is 6.32. The number of carbonyl (C=O) groups excluding carboxylic acids is 8. The summed E-state index contributed by atoms with van der Waals surface area (Å²) in [4.78, 5) is 105. The van der Waals surface area contributed by atoms with Crippen molar-refractivity contribution in [3.8, 4) is 34.5 Å². The molecule has 11 N–H and O–H groups in total. The number of unbranched alkanes of at least 4 members (excludes halogenated alkanes) is 1. The first kappa shape index (κ1) is 65.5. The number of hydrogen-bond donors (Lipinski definition) is 10. The molecule has 4 aliphatic carbocycles. The number of carbonyl (C=O) groups is 8. The number of phenolic OH excluding ortho intramolecular Hbond substituents is 4. The first-order valence-electron chi connectivity index (χ1n) is 28.4. The van der Waals surface area contributed by atoms with Gasteiger partial charge in [-0.1, -0.05) is 37.6 Å². The number of aromatic hydroxyl groups is 4. The van der Waals surface area contributed by atoms with Crippen LogP contribution in [-0.2, 0) is 55.7 Å². The molecule has 4 aromatic carbocycles. The van der Waals surface area contributed by atoms with Crippen LogP contribution in [-0.4, -0.2) is 175 Å². The molecule has 28 heteroatoms. The van der Waals surface area contributed by atoms with Crippen LogP contribution in [0.15, 0.2) is 36.4 Å². The number of ether oxygens (including phenoxy) is 7. The molecule has 6 aliphatic rings. The number of nitrogens with one attached hydrogen (secondary N) is 1. The average molecular weight is 1250 g/mol. The van der Waals surface area contributed by atoms with Crippen LogP contribution < -0.4 is 20.5 Å².